The van der Waals surface area contributed by atoms with E-state index in [1.165, 1.54) is 0 Å². The van der Waals surface area contributed by atoms with Crippen molar-refractivity contribution in [3.63, 3.8) is 0 Å². The minimum atomic E-state index is -0.0342. The average molecular weight is 256 g/mol. The number of hydrogen-bond acceptors (Lipinski definition) is 4. The number of likely N-dealkylation sites (N-methyl/N-ethyl adjacent to an activating group) is 1. The molecular weight excluding hydrogens is 228 g/mol. The lowest BCUT2D eigenvalue weighted by Gasteiger charge is -2.44. The summed E-state index contributed by atoms with van der Waals surface area (Å²) in [5.74, 6) is 0.129. The van der Waals surface area contributed by atoms with Crippen molar-refractivity contribution in [2.75, 3.05) is 39.3 Å². The first-order chi connectivity index (χ1) is 8.42. The molecule has 1 unspecified atom stereocenters. The molecule has 0 aromatic heterocycles. The summed E-state index contributed by atoms with van der Waals surface area (Å²) in [6.07, 6.45) is 0. The zero-order chi connectivity index (χ0) is 13.8. The summed E-state index contributed by atoms with van der Waals surface area (Å²) in [6.45, 7) is 13.5. The third kappa shape index (κ3) is 3.67. The van der Waals surface area contributed by atoms with E-state index in [0.29, 0.717) is 13.1 Å². The molecule has 0 aromatic carbocycles. The lowest BCUT2D eigenvalue weighted by molar-refractivity contribution is -0.126. The summed E-state index contributed by atoms with van der Waals surface area (Å²) >= 11 is 0. The highest BCUT2D eigenvalue weighted by atomic mass is 16.2. The van der Waals surface area contributed by atoms with Crippen LogP contribution in [0.3, 0.4) is 0 Å². The predicted molar refractivity (Wildman–Crippen MR) is 74.4 cm³/mol. The predicted octanol–water partition coefficient (Wildman–Crippen LogP) is -0.134. The molecule has 1 aliphatic heterocycles. The Bertz CT molecular complexity index is 272. The summed E-state index contributed by atoms with van der Waals surface area (Å²) < 4.78 is 0. The highest BCUT2D eigenvalue weighted by Crippen LogP contribution is 2.16. The molecule has 3 N–H and O–H groups in total. The molecule has 0 aliphatic carbocycles. The van der Waals surface area contributed by atoms with E-state index < -0.39 is 0 Å². The van der Waals surface area contributed by atoms with E-state index in [1.807, 2.05) is 13.8 Å². The van der Waals surface area contributed by atoms with Crippen molar-refractivity contribution in [2.24, 2.45) is 5.73 Å². The first-order valence-electron chi connectivity index (χ1n) is 6.89. The Morgan fingerprint density at radius 3 is 2.33 bits per heavy atom. The normalized spacial score (nSPS) is 20.7. The van der Waals surface area contributed by atoms with E-state index in [9.17, 15) is 4.79 Å². The van der Waals surface area contributed by atoms with Crippen LogP contribution in [0.4, 0.5) is 0 Å². The molecule has 1 atom stereocenters. The zero-order valence-corrected chi connectivity index (χ0v) is 12.2. The van der Waals surface area contributed by atoms with Gasteiger partial charge in [-0.2, -0.15) is 0 Å². The van der Waals surface area contributed by atoms with Gasteiger partial charge < -0.3 is 11.1 Å². The van der Waals surface area contributed by atoms with Crippen molar-refractivity contribution in [1.82, 2.24) is 15.1 Å². The van der Waals surface area contributed by atoms with Crippen LogP contribution in [0.1, 0.15) is 27.7 Å². The molecule has 0 aromatic rings. The van der Waals surface area contributed by atoms with Gasteiger partial charge >= 0.3 is 0 Å². The van der Waals surface area contributed by atoms with Gasteiger partial charge in [-0.05, 0) is 27.7 Å². The van der Waals surface area contributed by atoms with E-state index in [-0.39, 0.29) is 17.5 Å². The van der Waals surface area contributed by atoms with Gasteiger partial charge in [-0.3, -0.25) is 14.6 Å². The molecular formula is C13H28N4O. The molecule has 1 amide bonds. The van der Waals surface area contributed by atoms with Crippen LogP contribution >= 0.6 is 0 Å². The first-order valence-corrected chi connectivity index (χ1v) is 6.89. The Hall–Kier alpha value is -0.650. The maximum Gasteiger partial charge on any atom is 0.237 e. The van der Waals surface area contributed by atoms with Crippen molar-refractivity contribution in [3.05, 3.63) is 0 Å². The van der Waals surface area contributed by atoms with Crippen molar-refractivity contribution in [3.8, 4) is 0 Å². The second-order valence-electron chi connectivity index (χ2n) is 5.61. The summed E-state index contributed by atoms with van der Waals surface area (Å²) in [5, 5.41) is 2.88. The smallest absolute Gasteiger partial charge is 0.237 e. The van der Waals surface area contributed by atoms with Gasteiger partial charge in [-0.15, -0.1) is 0 Å². The lowest BCUT2D eigenvalue weighted by Crippen LogP contribution is -2.60. The average Bonchev–Trinajstić information content (AvgIpc) is 2.38. The van der Waals surface area contributed by atoms with Gasteiger partial charge in [-0.25, -0.2) is 0 Å². The third-order valence-electron chi connectivity index (χ3n) is 3.95. The molecule has 0 radical (unpaired) electrons. The minimum Gasteiger partial charge on any atom is -0.355 e. The number of carbonyl (C=O) groups excluding carboxylic acids is 1. The van der Waals surface area contributed by atoms with E-state index in [0.717, 1.165) is 26.2 Å². The van der Waals surface area contributed by atoms with Gasteiger partial charge in [0.2, 0.25) is 5.91 Å². The molecule has 5 nitrogen and oxygen atoms in total. The van der Waals surface area contributed by atoms with Crippen LogP contribution in [0.15, 0.2) is 0 Å². The van der Waals surface area contributed by atoms with Gasteiger partial charge in [0.15, 0.2) is 0 Å². The summed E-state index contributed by atoms with van der Waals surface area (Å²) in [4.78, 5) is 16.4. The fourth-order valence-corrected chi connectivity index (χ4v) is 2.33. The first kappa shape index (κ1) is 15.4. The number of amides is 1. The quantitative estimate of drug-likeness (QED) is 0.719. The fourth-order valence-electron chi connectivity index (χ4n) is 2.33. The highest BCUT2D eigenvalue weighted by Gasteiger charge is 2.31. The van der Waals surface area contributed by atoms with Gasteiger partial charge in [0.05, 0.1) is 6.04 Å². The molecule has 106 valence electrons. The largest absolute Gasteiger partial charge is 0.355 e. The van der Waals surface area contributed by atoms with Crippen LogP contribution in [0.2, 0.25) is 0 Å². The highest BCUT2D eigenvalue weighted by molar-refractivity contribution is 5.81. The number of nitrogens with one attached hydrogen (secondary N) is 1. The molecule has 1 fully saturated rings. The summed E-state index contributed by atoms with van der Waals surface area (Å²) in [5.41, 5.74) is 5.86. The Morgan fingerprint density at radius 1 is 1.33 bits per heavy atom. The van der Waals surface area contributed by atoms with Crippen molar-refractivity contribution < 1.29 is 4.79 Å². The number of carbonyl (C=O) groups is 1. The maximum absolute atomic E-state index is 11.8. The second kappa shape index (κ2) is 6.50. The van der Waals surface area contributed by atoms with Gasteiger partial charge in [0.25, 0.3) is 0 Å². The van der Waals surface area contributed by atoms with Crippen molar-refractivity contribution in [1.29, 1.82) is 0 Å². The molecule has 0 bridgehead atoms. The Morgan fingerprint density at radius 2 is 1.89 bits per heavy atom. The van der Waals surface area contributed by atoms with Crippen LogP contribution in [-0.4, -0.2) is 66.6 Å². The zero-order valence-electron chi connectivity index (χ0n) is 12.2. The molecule has 0 saturated carbocycles. The molecule has 0 spiro atoms. The Kier molecular flexibility index (Phi) is 5.56. The number of rotatable bonds is 5. The minimum absolute atomic E-state index is 0.0342. The molecule has 18 heavy (non-hydrogen) atoms. The van der Waals surface area contributed by atoms with Crippen LogP contribution in [0.25, 0.3) is 0 Å². The van der Waals surface area contributed by atoms with Gasteiger partial charge in [0.1, 0.15) is 0 Å². The van der Waals surface area contributed by atoms with E-state index in [2.05, 4.69) is 29.0 Å². The van der Waals surface area contributed by atoms with E-state index >= 15 is 0 Å². The van der Waals surface area contributed by atoms with Crippen LogP contribution in [0.5, 0.6) is 0 Å². The van der Waals surface area contributed by atoms with E-state index in [4.69, 9.17) is 5.73 Å². The monoisotopic (exact) mass is 256 g/mol. The number of nitrogens with zero attached hydrogens (tertiary/aromatic N) is 2. The van der Waals surface area contributed by atoms with Crippen molar-refractivity contribution in [2.45, 2.75) is 39.3 Å². The number of hydrogen-bond donors (Lipinski definition) is 2. The Balaban J connectivity index is 2.46. The van der Waals surface area contributed by atoms with Crippen LogP contribution < -0.4 is 11.1 Å². The van der Waals surface area contributed by atoms with E-state index in [1.54, 1.807) is 0 Å². The van der Waals surface area contributed by atoms with Crippen LogP contribution in [-0.2, 0) is 4.79 Å². The number of nitrogens with two attached hydrogens (primary N) is 1. The number of piperazine rings is 1. The summed E-state index contributed by atoms with van der Waals surface area (Å²) in [6, 6.07) is -0.0342. The molecule has 1 aliphatic rings. The van der Waals surface area contributed by atoms with Gasteiger partial charge in [-0.1, -0.05) is 0 Å². The lowest BCUT2D eigenvalue weighted by atomic mass is 10.0. The molecule has 1 saturated heterocycles. The standard InChI is InChI=1S/C13H28N4O/c1-5-15-12(18)11(2)16-6-8-17(9-7-16)13(3,4)10-14/h11H,5-10,14H2,1-4H3,(H,15,18). The summed E-state index contributed by atoms with van der Waals surface area (Å²) in [7, 11) is 0. The second-order valence-corrected chi connectivity index (χ2v) is 5.61. The van der Waals surface area contributed by atoms with Crippen molar-refractivity contribution >= 4 is 5.91 Å². The van der Waals surface area contributed by atoms with Crippen LogP contribution in [0, 0.1) is 0 Å². The Labute approximate surface area is 111 Å². The maximum atomic E-state index is 11.8. The molecule has 1 heterocycles. The third-order valence-corrected chi connectivity index (χ3v) is 3.95. The van der Waals surface area contributed by atoms with Gasteiger partial charge in [0, 0.05) is 44.8 Å². The topological polar surface area (TPSA) is 61.6 Å². The molecule has 5 heteroatoms. The molecule has 1 rings (SSSR count). The SMILES string of the molecule is CCNC(=O)C(C)N1CCN(C(C)(C)CN)CC1. The fraction of sp³-hybridized carbons (Fsp3) is 0.923.